The fourth-order valence-electron chi connectivity index (χ4n) is 2.35. The summed E-state index contributed by atoms with van der Waals surface area (Å²) in [5, 5.41) is 5.58. The van der Waals surface area contributed by atoms with Crippen molar-refractivity contribution >= 4 is 22.9 Å². The number of hydrogen-bond donors (Lipinski definition) is 1. The summed E-state index contributed by atoms with van der Waals surface area (Å²) in [6, 6.07) is 15.1. The van der Waals surface area contributed by atoms with Crippen LogP contribution in [0.3, 0.4) is 0 Å². The van der Waals surface area contributed by atoms with Crippen LogP contribution in [0.4, 0.5) is 5.69 Å². The smallest absolute Gasteiger partial charge is 0.230 e. The van der Waals surface area contributed by atoms with Gasteiger partial charge >= 0.3 is 0 Å². The Hall–Kier alpha value is -2.86. The molecule has 0 radical (unpaired) electrons. The predicted octanol–water partition coefficient (Wildman–Crippen LogP) is 4.22. The highest BCUT2D eigenvalue weighted by Crippen LogP contribution is 2.18. The Morgan fingerprint density at radius 2 is 1.96 bits per heavy atom. The molecule has 1 amide bonds. The Bertz CT molecular complexity index is 875. The Morgan fingerprint density at radius 1 is 1.15 bits per heavy atom. The summed E-state index contributed by atoms with van der Waals surface area (Å²) in [7, 11) is 1.59. The first-order valence-corrected chi connectivity index (χ1v) is 9.07. The number of amides is 1. The van der Waals surface area contributed by atoms with Crippen molar-refractivity contribution in [1.82, 2.24) is 4.98 Å². The highest BCUT2D eigenvalue weighted by atomic mass is 32.1. The maximum absolute atomic E-state index is 12.2. The Morgan fingerprint density at radius 3 is 2.73 bits per heavy atom. The molecule has 0 unspecified atom stereocenters. The first-order chi connectivity index (χ1) is 12.6. The number of anilines is 1. The number of hydrogen-bond acceptors (Lipinski definition) is 5. The second kappa shape index (κ2) is 8.49. The van der Waals surface area contributed by atoms with Gasteiger partial charge in [0.15, 0.2) is 0 Å². The first-order valence-electron chi connectivity index (χ1n) is 8.19. The van der Waals surface area contributed by atoms with Crippen molar-refractivity contribution in [2.45, 2.75) is 20.0 Å². The summed E-state index contributed by atoms with van der Waals surface area (Å²) < 4.78 is 10.9. The number of carbonyl (C=O) groups is 1. The molecule has 2 aromatic carbocycles. The summed E-state index contributed by atoms with van der Waals surface area (Å²) in [6.07, 6.45) is 0.220. The number of aromatic nitrogens is 1. The summed E-state index contributed by atoms with van der Waals surface area (Å²) in [6.45, 7) is 2.43. The number of ether oxygens (including phenoxy) is 2. The molecular weight excluding hydrogens is 348 g/mol. The Balaban J connectivity index is 1.52. The molecule has 0 aliphatic carbocycles. The van der Waals surface area contributed by atoms with E-state index in [-0.39, 0.29) is 12.3 Å². The normalized spacial score (nSPS) is 10.4. The van der Waals surface area contributed by atoms with Crippen LogP contribution in [0.15, 0.2) is 53.9 Å². The van der Waals surface area contributed by atoms with Crippen molar-refractivity contribution in [3.8, 4) is 11.5 Å². The van der Waals surface area contributed by atoms with Crippen molar-refractivity contribution < 1.29 is 14.3 Å². The molecule has 0 saturated heterocycles. The van der Waals surface area contributed by atoms with Crippen molar-refractivity contribution in [3.63, 3.8) is 0 Å². The van der Waals surface area contributed by atoms with Gasteiger partial charge in [0.25, 0.3) is 0 Å². The molecule has 26 heavy (non-hydrogen) atoms. The summed E-state index contributed by atoms with van der Waals surface area (Å²) in [4.78, 5) is 16.6. The lowest BCUT2D eigenvalue weighted by Crippen LogP contribution is -2.14. The van der Waals surface area contributed by atoms with Crippen LogP contribution < -0.4 is 14.8 Å². The summed E-state index contributed by atoms with van der Waals surface area (Å²) in [5.74, 6) is 1.39. The zero-order chi connectivity index (χ0) is 18.4. The van der Waals surface area contributed by atoms with Gasteiger partial charge in [-0.2, -0.15) is 0 Å². The van der Waals surface area contributed by atoms with E-state index >= 15 is 0 Å². The lowest BCUT2D eigenvalue weighted by atomic mass is 10.2. The van der Waals surface area contributed by atoms with Gasteiger partial charge in [0.2, 0.25) is 5.91 Å². The fraction of sp³-hybridized carbons (Fsp3) is 0.200. The molecule has 1 aromatic heterocycles. The van der Waals surface area contributed by atoms with Crippen molar-refractivity contribution in [1.29, 1.82) is 0 Å². The van der Waals surface area contributed by atoms with E-state index in [4.69, 9.17) is 9.47 Å². The maximum Gasteiger partial charge on any atom is 0.230 e. The van der Waals surface area contributed by atoms with Gasteiger partial charge in [-0.3, -0.25) is 4.79 Å². The van der Waals surface area contributed by atoms with E-state index in [1.165, 1.54) is 16.9 Å². The lowest BCUT2D eigenvalue weighted by Gasteiger charge is -2.06. The second-order valence-corrected chi connectivity index (χ2v) is 6.73. The van der Waals surface area contributed by atoms with Gasteiger partial charge in [0, 0.05) is 17.1 Å². The third-order valence-electron chi connectivity index (χ3n) is 3.68. The third-order valence-corrected chi connectivity index (χ3v) is 4.55. The molecule has 3 rings (SSSR count). The topological polar surface area (TPSA) is 60.5 Å². The van der Waals surface area contributed by atoms with Crippen molar-refractivity contribution in [2.75, 3.05) is 12.4 Å². The molecule has 0 aliphatic rings. The Kier molecular flexibility index (Phi) is 5.86. The number of nitrogens with one attached hydrogen (secondary N) is 1. The maximum atomic E-state index is 12.2. The molecule has 134 valence electrons. The Labute approximate surface area is 156 Å². The zero-order valence-corrected chi connectivity index (χ0v) is 15.5. The van der Waals surface area contributed by atoms with Gasteiger partial charge in [-0.05, 0) is 31.2 Å². The zero-order valence-electron chi connectivity index (χ0n) is 14.7. The SMILES string of the molecule is COc1cccc(NC(=O)Cc2csc(COc3ccc(C)cc3)n2)c1. The minimum absolute atomic E-state index is 0.116. The van der Waals surface area contributed by atoms with E-state index in [9.17, 15) is 4.79 Å². The van der Waals surface area contributed by atoms with Gasteiger partial charge in [-0.15, -0.1) is 11.3 Å². The van der Waals surface area contributed by atoms with Crippen LogP contribution >= 0.6 is 11.3 Å². The van der Waals surface area contributed by atoms with Crippen LogP contribution in [0.1, 0.15) is 16.3 Å². The molecule has 1 N–H and O–H groups in total. The molecule has 1 heterocycles. The molecule has 0 atom stereocenters. The molecule has 0 aliphatic heterocycles. The average molecular weight is 368 g/mol. The number of thiazole rings is 1. The summed E-state index contributed by atoms with van der Waals surface area (Å²) in [5.41, 5.74) is 2.63. The summed E-state index contributed by atoms with van der Waals surface area (Å²) >= 11 is 1.49. The largest absolute Gasteiger partial charge is 0.497 e. The number of carbonyl (C=O) groups excluding carboxylic acids is 1. The molecule has 6 heteroatoms. The molecule has 0 fully saturated rings. The van der Waals surface area contributed by atoms with E-state index in [0.717, 1.165) is 16.5 Å². The van der Waals surface area contributed by atoms with Crippen molar-refractivity contribution in [3.05, 3.63) is 70.2 Å². The monoisotopic (exact) mass is 368 g/mol. The van der Waals surface area contributed by atoms with E-state index < -0.39 is 0 Å². The van der Waals surface area contributed by atoms with Gasteiger partial charge in [-0.1, -0.05) is 23.8 Å². The van der Waals surface area contributed by atoms with E-state index in [2.05, 4.69) is 10.3 Å². The van der Waals surface area contributed by atoms with Gasteiger partial charge < -0.3 is 14.8 Å². The van der Waals surface area contributed by atoms with Crippen LogP contribution in [-0.4, -0.2) is 18.0 Å². The minimum Gasteiger partial charge on any atom is -0.497 e. The fourth-order valence-corrected chi connectivity index (χ4v) is 3.05. The van der Waals surface area contributed by atoms with Gasteiger partial charge in [0.1, 0.15) is 23.1 Å². The number of rotatable bonds is 7. The van der Waals surface area contributed by atoms with Gasteiger partial charge in [0.05, 0.1) is 19.2 Å². The first kappa shape index (κ1) is 17.9. The number of aryl methyl sites for hydroxylation is 1. The number of benzene rings is 2. The van der Waals surface area contributed by atoms with Crippen LogP contribution in [0, 0.1) is 6.92 Å². The average Bonchev–Trinajstić information content (AvgIpc) is 3.08. The highest BCUT2D eigenvalue weighted by molar-refractivity contribution is 7.09. The quantitative estimate of drug-likeness (QED) is 0.678. The second-order valence-electron chi connectivity index (χ2n) is 5.79. The van der Waals surface area contributed by atoms with E-state index in [1.807, 2.05) is 54.8 Å². The molecule has 5 nitrogen and oxygen atoms in total. The number of nitrogens with zero attached hydrogens (tertiary/aromatic N) is 1. The molecule has 0 bridgehead atoms. The van der Waals surface area contributed by atoms with E-state index in [1.54, 1.807) is 13.2 Å². The highest BCUT2D eigenvalue weighted by Gasteiger charge is 2.09. The molecule has 0 spiro atoms. The van der Waals surface area contributed by atoms with Crippen molar-refractivity contribution in [2.24, 2.45) is 0 Å². The van der Waals surface area contributed by atoms with Crippen LogP contribution in [0.5, 0.6) is 11.5 Å². The van der Waals surface area contributed by atoms with Gasteiger partial charge in [-0.25, -0.2) is 4.98 Å². The molecule has 0 saturated carbocycles. The molecular formula is C20H20N2O3S. The van der Waals surface area contributed by atoms with Crippen LogP contribution in [0.2, 0.25) is 0 Å². The van der Waals surface area contributed by atoms with Crippen LogP contribution in [0.25, 0.3) is 0 Å². The standard InChI is InChI=1S/C20H20N2O3S/c1-14-6-8-17(9-7-14)25-12-20-22-16(13-26-20)11-19(23)21-15-4-3-5-18(10-15)24-2/h3-10,13H,11-12H2,1-2H3,(H,21,23). The minimum atomic E-state index is -0.116. The molecule has 3 aromatic rings. The van der Waals surface area contributed by atoms with Crippen LogP contribution in [-0.2, 0) is 17.8 Å². The van der Waals surface area contributed by atoms with E-state index in [0.29, 0.717) is 18.0 Å². The lowest BCUT2D eigenvalue weighted by molar-refractivity contribution is -0.115. The third kappa shape index (κ3) is 5.07. The number of methoxy groups -OCH3 is 1. The predicted molar refractivity (Wildman–Crippen MR) is 103 cm³/mol.